The van der Waals surface area contributed by atoms with Gasteiger partial charge in [-0.1, -0.05) is 0 Å². The summed E-state index contributed by atoms with van der Waals surface area (Å²) >= 11 is 0. The Labute approximate surface area is 118 Å². The normalized spacial score (nSPS) is 22.4. The number of nitrogens with one attached hydrogen (secondary N) is 1. The summed E-state index contributed by atoms with van der Waals surface area (Å²) in [4.78, 5) is 15.7. The molecule has 1 amide bonds. The lowest BCUT2D eigenvalue weighted by atomic mass is 9.92. The molecule has 0 radical (unpaired) electrons. The molecule has 1 aliphatic carbocycles. The third-order valence-electron chi connectivity index (χ3n) is 3.75. The van der Waals surface area contributed by atoms with E-state index in [2.05, 4.69) is 10.3 Å². The van der Waals surface area contributed by atoms with Crippen LogP contribution in [0.15, 0.2) is 6.07 Å². The van der Waals surface area contributed by atoms with Crippen molar-refractivity contribution in [3.8, 4) is 5.88 Å². The smallest absolute Gasteiger partial charge is 0.254 e. The van der Waals surface area contributed by atoms with Gasteiger partial charge in [-0.05, 0) is 44.2 Å². The fourth-order valence-corrected chi connectivity index (χ4v) is 2.53. The minimum Gasteiger partial charge on any atom is -0.480 e. The van der Waals surface area contributed by atoms with Gasteiger partial charge in [-0.2, -0.15) is 4.98 Å². The minimum absolute atomic E-state index is 0.262. The van der Waals surface area contributed by atoms with E-state index in [1.54, 1.807) is 6.07 Å². The first-order valence-corrected chi connectivity index (χ1v) is 6.88. The van der Waals surface area contributed by atoms with Gasteiger partial charge in [0, 0.05) is 12.1 Å². The van der Waals surface area contributed by atoms with Crippen LogP contribution in [0.4, 0.5) is 5.82 Å². The Morgan fingerprint density at radius 3 is 2.60 bits per heavy atom. The van der Waals surface area contributed by atoms with Gasteiger partial charge in [-0.3, -0.25) is 4.79 Å². The van der Waals surface area contributed by atoms with Gasteiger partial charge in [0.15, 0.2) is 0 Å². The van der Waals surface area contributed by atoms with Crippen LogP contribution in [0.3, 0.4) is 0 Å². The van der Waals surface area contributed by atoms with Crippen LogP contribution in [0.2, 0.25) is 0 Å². The van der Waals surface area contributed by atoms with Gasteiger partial charge in [0.1, 0.15) is 11.4 Å². The number of anilines is 1. The molecule has 0 spiro atoms. The Morgan fingerprint density at radius 1 is 1.40 bits per heavy atom. The van der Waals surface area contributed by atoms with Crippen LogP contribution < -0.4 is 21.5 Å². The predicted octanol–water partition coefficient (Wildman–Crippen LogP) is 1.18. The molecule has 0 saturated heterocycles. The average Bonchev–Trinajstić information content (AvgIpc) is 2.42. The van der Waals surface area contributed by atoms with Gasteiger partial charge in [-0.15, -0.1) is 0 Å². The molecule has 1 aromatic rings. The molecule has 6 nitrogen and oxygen atoms in total. The van der Waals surface area contributed by atoms with Crippen molar-refractivity contribution in [2.45, 2.75) is 44.7 Å². The first-order valence-electron chi connectivity index (χ1n) is 6.88. The maximum atomic E-state index is 11.3. The summed E-state index contributed by atoms with van der Waals surface area (Å²) in [7, 11) is 1.48. The van der Waals surface area contributed by atoms with Crippen molar-refractivity contribution in [2.24, 2.45) is 11.5 Å². The van der Waals surface area contributed by atoms with Crippen molar-refractivity contribution in [3.05, 3.63) is 17.2 Å². The van der Waals surface area contributed by atoms with Crippen LogP contribution in [0.5, 0.6) is 5.88 Å². The molecule has 5 N–H and O–H groups in total. The molecular weight excluding hydrogens is 256 g/mol. The highest BCUT2D eigenvalue weighted by atomic mass is 16.5. The summed E-state index contributed by atoms with van der Waals surface area (Å²) in [6, 6.07) is 2.39. The molecule has 0 atom stereocenters. The average molecular weight is 278 g/mol. The molecule has 0 bridgehead atoms. The van der Waals surface area contributed by atoms with E-state index in [9.17, 15) is 4.79 Å². The van der Waals surface area contributed by atoms with Gasteiger partial charge >= 0.3 is 0 Å². The molecule has 1 aliphatic rings. The van der Waals surface area contributed by atoms with Crippen LogP contribution in [-0.4, -0.2) is 30.1 Å². The molecule has 6 heteroatoms. The molecule has 20 heavy (non-hydrogen) atoms. The SMILES string of the molecule is COc1nc(N[C@H]2CC[C@H](N)CC2)c(C)cc1C(N)=O. The van der Waals surface area contributed by atoms with Crippen molar-refractivity contribution < 1.29 is 9.53 Å². The van der Waals surface area contributed by atoms with Crippen molar-refractivity contribution in [2.75, 3.05) is 12.4 Å². The van der Waals surface area contributed by atoms with E-state index in [-0.39, 0.29) is 5.88 Å². The predicted molar refractivity (Wildman–Crippen MR) is 77.9 cm³/mol. The number of pyridine rings is 1. The molecule has 0 unspecified atom stereocenters. The second-order valence-electron chi connectivity index (χ2n) is 5.33. The number of hydrogen-bond acceptors (Lipinski definition) is 5. The zero-order chi connectivity index (χ0) is 14.7. The number of carbonyl (C=O) groups is 1. The van der Waals surface area contributed by atoms with E-state index in [0.29, 0.717) is 17.6 Å². The van der Waals surface area contributed by atoms with Crippen molar-refractivity contribution >= 4 is 11.7 Å². The summed E-state index contributed by atoms with van der Waals surface area (Å²) in [5.41, 5.74) is 12.4. The number of aryl methyl sites for hydroxylation is 1. The zero-order valence-corrected chi connectivity index (χ0v) is 12.0. The fraction of sp³-hybridized carbons (Fsp3) is 0.571. The Hall–Kier alpha value is -1.82. The maximum absolute atomic E-state index is 11.3. The number of primary amides is 1. The summed E-state index contributed by atoms with van der Waals surface area (Å²) in [6.07, 6.45) is 4.10. The third kappa shape index (κ3) is 3.19. The maximum Gasteiger partial charge on any atom is 0.254 e. The van der Waals surface area contributed by atoms with Gasteiger partial charge in [-0.25, -0.2) is 0 Å². The highest BCUT2D eigenvalue weighted by Gasteiger charge is 2.20. The number of rotatable bonds is 4. The van der Waals surface area contributed by atoms with E-state index in [1.807, 2.05) is 6.92 Å². The number of hydrogen-bond donors (Lipinski definition) is 3. The van der Waals surface area contributed by atoms with Crippen LogP contribution in [-0.2, 0) is 0 Å². The second kappa shape index (κ2) is 6.09. The number of nitrogens with zero attached hydrogens (tertiary/aromatic N) is 1. The lowest BCUT2D eigenvalue weighted by Crippen LogP contribution is -2.33. The zero-order valence-electron chi connectivity index (χ0n) is 12.0. The third-order valence-corrected chi connectivity index (χ3v) is 3.75. The van der Waals surface area contributed by atoms with Crippen molar-refractivity contribution in [3.63, 3.8) is 0 Å². The molecule has 1 heterocycles. The van der Waals surface area contributed by atoms with Gasteiger partial charge in [0.2, 0.25) is 5.88 Å². The fourth-order valence-electron chi connectivity index (χ4n) is 2.53. The number of ether oxygens (including phenoxy) is 1. The highest BCUT2D eigenvalue weighted by Crippen LogP contribution is 2.26. The van der Waals surface area contributed by atoms with Crippen molar-refractivity contribution in [1.29, 1.82) is 0 Å². The van der Waals surface area contributed by atoms with E-state index >= 15 is 0 Å². The Bertz CT molecular complexity index is 496. The monoisotopic (exact) mass is 278 g/mol. The van der Waals surface area contributed by atoms with E-state index < -0.39 is 5.91 Å². The van der Waals surface area contributed by atoms with Crippen LogP contribution in [0.25, 0.3) is 0 Å². The summed E-state index contributed by atoms with van der Waals surface area (Å²) in [6.45, 7) is 1.90. The molecule has 1 aromatic heterocycles. The largest absolute Gasteiger partial charge is 0.480 e. The van der Waals surface area contributed by atoms with Gasteiger partial charge < -0.3 is 21.5 Å². The van der Waals surface area contributed by atoms with Crippen LogP contribution >= 0.6 is 0 Å². The number of amides is 1. The number of aromatic nitrogens is 1. The van der Waals surface area contributed by atoms with E-state index in [1.165, 1.54) is 7.11 Å². The summed E-state index contributed by atoms with van der Waals surface area (Å²) < 4.78 is 5.14. The summed E-state index contributed by atoms with van der Waals surface area (Å²) in [5, 5.41) is 3.41. The molecule has 0 aliphatic heterocycles. The van der Waals surface area contributed by atoms with E-state index in [0.717, 1.165) is 37.1 Å². The molecule has 1 fully saturated rings. The quantitative estimate of drug-likeness (QED) is 0.767. The Balaban J connectivity index is 2.17. The highest BCUT2D eigenvalue weighted by molar-refractivity contribution is 5.95. The van der Waals surface area contributed by atoms with Crippen LogP contribution in [0, 0.1) is 6.92 Å². The number of carbonyl (C=O) groups excluding carboxylic acids is 1. The number of methoxy groups -OCH3 is 1. The second-order valence-corrected chi connectivity index (χ2v) is 5.33. The topological polar surface area (TPSA) is 103 Å². The van der Waals surface area contributed by atoms with Crippen LogP contribution in [0.1, 0.15) is 41.6 Å². The molecular formula is C14H22N4O2. The molecule has 2 rings (SSSR count). The van der Waals surface area contributed by atoms with Gasteiger partial charge in [0.25, 0.3) is 5.91 Å². The lowest BCUT2D eigenvalue weighted by Gasteiger charge is -2.28. The van der Waals surface area contributed by atoms with Gasteiger partial charge in [0.05, 0.1) is 7.11 Å². The van der Waals surface area contributed by atoms with Crippen molar-refractivity contribution in [1.82, 2.24) is 4.98 Å². The summed E-state index contributed by atoms with van der Waals surface area (Å²) in [5.74, 6) is 0.470. The molecule has 1 saturated carbocycles. The first kappa shape index (κ1) is 14.6. The van der Waals surface area contributed by atoms with E-state index in [4.69, 9.17) is 16.2 Å². The lowest BCUT2D eigenvalue weighted by molar-refractivity contribution is 0.0996. The molecule has 0 aromatic carbocycles. The first-order chi connectivity index (χ1) is 9.51. The Morgan fingerprint density at radius 2 is 2.05 bits per heavy atom. The minimum atomic E-state index is -0.535. The standard InChI is InChI=1S/C14H22N4O2/c1-8-7-11(12(16)19)14(20-2)18-13(8)17-10-5-3-9(15)4-6-10/h7,9-10H,3-6,15H2,1-2H3,(H2,16,19)(H,17,18)/t9-,10-. The Kier molecular flexibility index (Phi) is 4.44. The number of nitrogens with two attached hydrogens (primary N) is 2. The molecule has 110 valence electrons.